The van der Waals surface area contributed by atoms with Crippen LogP contribution < -0.4 is 10.6 Å². The van der Waals surface area contributed by atoms with Gasteiger partial charge in [-0.1, -0.05) is 42.5 Å². The lowest BCUT2D eigenvalue weighted by Crippen LogP contribution is -2.27. The first-order valence-corrected chi connectivity index (χ1v) is 8.76. The van der Waals surface area contributed by atoms with Crippen LogP contribution >= 0.6 is 0 Å². The van der Waals surface area contributed by atoms with Gasteiger partial charge in [0.1, 0.15) is 11.5 Å². The molecular formula is C21H21FN4O. The number of halogens is 1. The third-order valence-electron chi connectivity index (χ3n) is 3.99. The first kappa shape index (κ1) is 18.5. The Bertz CT molecular complexity index is 898. The molecule has 6 heteroatoms. The number of nitrogens with zero attached hydrogens (tertiary/aromatic N) is 2. The zero-order valence-corrected chi connectivity index (χ0v) is 15.1. The highest BCUT2D eigenvalue weighted by Gasteiger charge is 2.10. The van der Waals surface area contributed by atoms with Crippen molar-refractivity contribution in [3.8, 4) is 0 Å². The van der Waals surface area contributed by atoms with Crippen molar-refractivity contribution >= 4 is 11.9 Å². The largest absolute Gasteiger partial charge is 0.350 e. The fraction of sp³-hybridized carbons (Fsp3) is 0.190. The lowest BCUT2D eigenvalue weighted by Gasteiger charge is -2.09. The van der Waals surface area contributed by atoms with Crippen LogP contribution in [0.4, 0.5) is 10.3 Å². The van der Waals surface area contributed by atoms with Crippen LogP contribution in [0.1, 0.15) is 27.3 Å². The number of hydrogen-bond acceptors (Lipinski definition) is 4. The molecule has 3 rings (SSSR count). The van der Waals surface area contributed by atoms with Crippen LogP contribution in [0.15, 0.2) is 60.7 Å². The third-order valence-corrected chi connectivity index (χ3v) is 3.99. The van der Waals surface area contributed by atoms with Gasteiger partial charge in [0.05, 0.1) is 0 Å². The number of nitrogens with one attached hydrogen (secondary N) is 2. The molecule has 5 nitrogen and oxygen atoms in total. The maximum Gasteiger partial charge on any atom is 0.270 e. The summed E-state index contributed by atoms with van der Waals surface area (Å²) in [5.74, 6) is -0.109. The van der Waals surface area contributed by atoms with Gasteiger partial charge in [0.15, 0.2) is 0 Å². The normalized spacial score (nSPS) is 10.4. The monoisotopic (exact) mass is 364 g/mol. The van der Waals surface area contributed by atoms with Gasteiger partial charge in [0, 0.05) is 18.8 Å². The molecule has 1 aromatic heterocycles. The molecule has 0 atom stereocenters. The quantitative estimate of drug-likeness (QED) is 0.673. The summed E-state index contributed by atoms with van der Waals surface area (Å²) in [5.41, 5.74) is 3.09. The Labute approximate surface area is 157 Å². The summed E-state index contributed by atoms with van der Waals surface area (Å²) in [5, 5.41) is 5.99. The van der Waals surface area contributed by atoms with Gasteiger partial charge in [0.2, 0.25) is 5.95 Å². The van der Waals surface area contributed by atoms with E-state index in [2.05, 4.69) is 20.6 Å². The SMILES string of the molecule is Cc1cc(C(=O)NCCc2ccc(F)cc2)nc(NCc2ccccc2)n1. The van der Waals surface area contributed by atoms with Gasteiger partial charge in [0.25, 0.3) is 5.91 Å². The van der Waals surface area contributed by atoms with Crippen molar-refractivity contribution in [3.05, 3.63) is 89.0 Å². The minimum atomic E-state index is -0.269. The Balaban J connectivity index is 1.57. The summed E-state index contributed by atoms with van der Waals surface area (Å²) in [7, 11) is 0. The number of amides is 1. The Morgan fingerprint density at radius 3 is 2.48 bits per heavy atom. The number of carbonyl (C=O) groups is 1. The van der Waals surface area contributed by atoms with Crippen LogP contribution in [-0.4, -0.2) is 22.4 Å². The van der Waals surface area contributed by atoms with Gasteiger partial charge in [-0.25, -0.2) is 14.4 Å². The average molecular weight is 364 g/mol. The minimum Gasteiger partial charge on any atom is -0.350 e. The molecule has 0 saturated heterocycles. The van der Waals surface area contributed by atoms with Gasteiger partial charge in [-0.3, -0.25) is 4.79 Å². The summed E-state index contributed by atoms with van der Waals surface area (Å²) in [6, 6.07) is 17.8. The molecule has 2 aromatic carbocycles. The van der Waals surface area contributed by atoms with Crippen molar-refractivity contribution in [3.63, 3.8) is 0 Å². The molecule has 0 bridgehead atoms. The summed E-state index contributed by atoms with van der Waals surface area (Å²) in [6.45, 7) is 2.85. The molecule has 2 N–H and O–H groups in total. The van der Waals surface area contributed by atoms with Gasteiger partial charge >= 0.3 is 0 Å². The number of aryl methyl sites for hydroxylation is 1. The van der Waals surface area contributed by atoms with E-state index in [-0.39, 0.29) is 11.7 Å². The molecular weight excluding hydrogens is 343 g/mol. The maximum atomic E-state index is 12.9. The predicted octanol–water partition coefficient (Wildman–Crippen LogP) is 3.51. The molecule has 1 heterocycles. The zero-order chi connectivity index (χ0) is 19.1. The highest BCUT2D eigenvalue weighted by atomic mass is 19.1. The molecule has 1 amide bonds. The van der Waals surface area contributed by atoms with E-state index in [9.17, 15) is 9.18 Å². The van der Waals surface area contributed by atoms with Crippen LogP contribution in [0, 0.1) is 12.7 Å². The van der Waals surface area contributed by atoms with Crippen molar-refractivity contribution < 1.29 is 9.18 Å². The average Bonchev–Trinajstić information content (AvgIpc) is 2.68. The van der Waals surface area contributed by atoms with Crippen molar-refractivity contribution in [2.24, 2.45) is 0 Å². The molecule has 0 spiro atoms. The molecule has 0 saturated carbocycles. The second-order valence-corrected chi connectivity index (χ2v) is 6.19. The summed E-state index contributed by atoms with van der Waals surface area (Å²) in [6.07, 6.45) is 0.620. The van der Waals surface area contributed by atoms with E-state index in [1.807, 2.05) is 37.3 Å². The molecule has 0 aliphatic heterocycles. The molecule has 138 valence electrons. The molecule has 0 radical (unpaired) electrons. The number of anilines is 1. The van der Waals surface area contributed by atoms with Gasteiger partial charge < -0.3 is 10.6 Å². The maximum absolute atomic E-state index is 12.9. The summed E-state index contributed by atoms with van der Waals surface area (Å²) >= 11 is 0. The predicted molar refractivity (Wildman–Crippen MR) is 103 cm³/mol. The lowest BCUT2D eigenvalue weighted by atomic mass is 10.1. The van der Waals surface area contributed by atoms with Crippen molar-refractivity contribution in [1.29, 1.82) is 0 Å². The Morgan fingerprint density at radius 1 is 1.00 bits per heavy atom. The van der Waals surface area contributed by atoms with Gasteiger partial charge in [-0.05, 0) is 42.7 Å². The summed E-state index contributed by atoms with van der Waals surface area (Å²) in [4.78, 5) is 21.0. The Hall–Kier alpha value is -3.28. The van der Waals surface area contributed by atoms with Crippen molar-refractivity contribution in [1.82, 2.24) is 15.3 Å². The van der Waals surface area contributed by atoms with Crippen molar-refractivity contribution in [2.45, 2.75) is 19.9 Å². The number of rotatable bonds is 7. The van der Waals surface area contributed by atoms with E-state index in [0.717, 1.165) is 11.1 Å². The van der Waals surface area contributed by atoms with Crippen LogP contribution in [-0.2, 0) is 13.0 Å². The lowest BCUT2D eigenvalue weighted by molar-refractivity contribution is 0.0949. The molecule has 27 heavy (non-hydrogen) atoms. The first-order valence-electron chi connectivity index (χ1n) is 8.76. The Kier molecular flexibility index (Phi) is 6.10. The van der Waals surface area contributed by atoms with Gasteiger partial charge in [-0.2, -0.15) is 0 Å². The van der Waals surface area contributed by atoms with E-state index in [1.54, 1.807) is 18.2 Å². The number of carbonyl (C=O) groups excluding carboxylic acids is 1. The fourth-order valence-corrected chi connectivity index (χ4v) is 2.60. The van der Waals surface area contributed by atoms with Crippen molar-refractivity contribution in [2.75, 3.05) is 11.9 Å². The molecule has 0 fully saturated rings. The van der Waals surface area contributed by atoms with E-state index < -0.39 is 0 Å². The molecule has 3 aromatic rings. The number of aromatic nitrogens is 2. The molecule has 0 unspecified atom stereocenters. The van der Waals surface area contributed by atoms with E-state index in [1.165, 1.54) is 12.1 Å². The standard InChI is InChI=1S/C21H21FN4O/c1-15-13-19(20(27)23-12-11-16-7-9-18(22)10-8-16)26-21(25-15)24-14-17-5-3-2-4-6-17/h2-10,13H,11-12,14H2,1H3,(H,23,27)(H,24,25,26). The van der Waals surface area contributed by atoms with Crippen LogP contribution in [0.5, 0.6) is 0 Å². The second-order valence-electron chi connectivity index (χ2n) is 6.19. The van der Waals surface area contributed by atoms with Crippen LogP contribution in [0.3, 0.4) is 0 Å². The summed E-state index contributed by atoms with van der Waals surface area (Å²) < 4.78 is 12.9. The van der Waals surface area contributed by atoms with E-state index >= 15 is 0 Å². The van der Waals surface area contributed by atoms with E-state index in [0.29, 0.717) is 36.8 Å². The molecule has 0 aliphatic rings. The topological polar surface area (TPSA) is 66.9 Å². The zero-order valence-electron chi connectivity index (χ0n) is 15.1. The third kappa shape index (κ3) is 5.60. The second kappa shape index (κ2) is 8.89. The smallest absolute Gasteiger partial charge is 0.270 e. The number of hydrogen-bond donors (Lipinski definition) is 2. The molecule has 0 aliphatic carbocycles. The first-order chi connectivity index (χ1) is 13.1. The van der Waals surface area contributed by atoms with Crippen LogP contribution in [0.2, 0.25) is 0 Å². The number of benzene rings is 2. The Morgan fingerprint density at radius 2 is 1.74 bits per heavy atom. The highest BCUT2D eigenvalue weighted by Crippen LogP contribution is 2.08. The highest BCUT2D eigenvalue weighted by molar-refractivity contribution is 5.92. The van der Waals surface area contributed by atoms with E-state index in [4.69, 9.17) is 0 Å². The van der Waals surface area contributed by atoms with Gasteiger partial charge in [-0.15, -0.1) is 0 Å². The minimum absolute atomic E-state index is 0.259. The van der Waals surface area contributed by atoms with Crippen LogP contribution in [0.25, 0.3) is 0 Å². The fourth-order valence-electron chi connectivity index (χ4n) is 2.60.